The number of phosphoric ester groups is 1. The number of ether oxygens (including phenoxy) is 3. The van der Waals surface area contributed by atoms with E-state index in [2.05, 4.69) is 45.1 Å². The first-order valence-corrected chi connectivity index (χ1v) is 32.7. The van der Waals surface area contributed by atoms with Gasteiger partial charge in [-0.15, -0.1) is 0 Å². The topological polar surface area (TPSA) is 155 Å². The van der Waals surface area contributed by atoms with Crippen molar-refractivity contribution in [3.05, 3.63) is 24.3 Å². The normalized spacial score (nSPS) is 13.4. The first-order chi connectivity index (χ1) is 36.2. The van der Waals surface area contributed by atoms with Crippen LogP contribution in [0.15, 0.2) is 24.3 Å². The SMILES string of the molecule is CCC/C=C\C/C=C\CCCCCCCC(=O)OC(CO)COP(=O)(O)OCC(COC(=O)CCCCCCCCCCCCCCCCCCCCC)OC(=O)CCCCCCCCCCCCCCCCC. The van der Waals surface area contributed by atoms with Crippen molar-refractivity contribution in [1.82, 2.24) is 0 Å². The molecule has 3 atom stereocenters. The van der Waals surface area contributed by atoms with E-state index < -0.39 is 57.8 Å². The fourth-order valence-electron chi connectivity index (χ4n) is 9.10. The standard InChI is InChI=1S/C62H117O11P/c1-4-7-10-13-16-19-22-25-27-28-29-30-32-34-36-39-42-45-48-51-60(64)69-55-59(73-62(66)53-50-47-44-41-38-35-31-26-23-20-17-14-11-8-5-2)57-71-74(67,68)70-56-58(54-63)72-61(65)52-49-46-43-40-37-33-24-21-18-15-12-9-6-3/h12,15,21,24,58-59,63H,4-11,13-14,16-20,22-23,25-57H2,1-3H3,(H,67,68)/b15-12-,24-21-. The van der Waals surface area contributed by atoms with Crippen molar-refractivity contribution in [3.63, 3.8) is 0 Å². The molecule has 0 aromatic heterocycles. The molecule has 0 spiro atoms. The van der Waals surface area contributed by atoms with Crippen LogP contribution in [0.5, 0.6) is 0 Å². The zero-order chi connectivity index (χ0) is 54.1. The van der Waals surface area contributed by atoms with E-state index in [1.807, 2.05) is 0 Å². The van der Waals surface area contributed by atoms with Crippen LogP contribution in [-0.4, -0.2) is 66.5 Å². The predicted octanol–water partition coefficient (Wildman–Crippen LogP) is 18.6. The molecule has 0 heterocycles. The molecule has 2 N–H and O–H groups in total. The van der Waals surface area contributed by atoms with Crippen LogP contribution in [0.3, 0.4) is 0 Å². The Morgan fingerprint density at radius 3 is 1.05 bits per heavy atom. The monoisotopic (exact) mass is 1070 g/mol. The zero-order valence-electron chi connectivity index (χ0n) is 48.3. The summed E-state index contributed by atoms with van der Waals surface area (Å²) in [5.74, 6) is -1.45. The smallest absolute Gasteiger partial charge is 0.462 e. The molecule has 0 radical (unpaired) electrons. The van der Waals surface area contributed by atoms with E-state index in [0.29, 0.717) is 19.3 Å². The molecule has 0 fully saturated rings. The number of rotatable bonds is 59. The van der Waals surface area contributed by atoms with E-state index >= 15 is 0 Å². The fourth-order valence-corrected chi connectivity index (χ4v) is 9.89. The van der Waals surface area contributed by atoms with Gasteiger partial charge in [0.25, 0.3) is 0 Å². The van der Waals surface area contributed by atoms with Gasteiger partial charge in [-0.05, 0) is 44.9 Å². The zero-order valence-corrected chi connectivity index (χ0v) is 49.2. The number of carbonyl (C=O) groups excluding carboxylic acids is 3. The van der Waals surface area contributed by atoms with Crippen molar-refractivity contribution in [2.24, 2.45) is 0 Å². The highest BCUT2D eigenvalue weighted by molar-refractivity contribution is 7.47. The van der Waals surface area contributed by atoms with Crippen LogP contribution >= 0.6 is 7.82 Å². The van der Waals surface area contributed by atoms with E-state index in [-0.39, 0.29) is 25.9 Å². The van der Waals surface area contributed by atoms with Gasteiger partial charge in [-0.1, -0.05) is 276 Å². The van der Waals surface area contributed by atoms with Gasteiger partial charge in [0.1, 0.15) is 12.7 Å². The van der Waals surface area contributed by atoms with Gasteiger partial charge in [-0.25, -0.2) is 4.57 Å². The predicted molar refractivity (Wildman–Crippen MR) is 307 cm³/mol. The third-order valence-electron chi connectivity index (χ3n) is 13.9. The average molecular weight is 1070 g/mol. The van der Waals surface area contributed by atoms with Gasteiger partial charge in [0.15, 0.2) is 6.10 Å². The van der Waals surface area contributed by atoms with Crippen molar-refractivity contribution in [2.75, 3.05) is 26.4 Å². The number of unbranched alkanes of at least 4 members (excludes halogenated alkanes) is 38. The fraction of sp³-hybridized carbons (Fsp3) is 0.887. The number of hydrogen-bond donors (Lipinski definition) is 2. The summed E-state index contributed by atoms with van der Waals surface area (Å²) in [4.78, 5) is 48.6. The molecule has 11 nitrogen and oxygen atoms in total. The van der Waals surface area contributed by atoms with Crippen LogP contribution in [0.4, 0.5) is 0 Å². The van der Waals surface area contributed by atoms with Gasteiger partial charge in [-0.2, -0.15) is 0 Å². The average Bonchev–Trinajstić information content (AvgIpc) is 3.39. The Hall–Kier alpha value is -2.04. The largest absolute Gasteiger partial charge is 0.472 e. The number of aliphatic hydroxyl groups is 1. The lowest BCUT2D eigenvalue weighted by Crippen LogP contribution is -2.30. The molecular weight excluding hydrogens is 952 g/mol. The molecule has 0 aromatic carbocycles. The highest BCUT2D eigenvalue weighted by Crippen LogP contribution is 2.43. The summed E-state index contributed by atoms with van der Waals surface area (Å²) < 4.78 is 39.6. The molecular formula is C62H117O11P. The van der Waals surface area contributed by atoms with Crippen molar-refractivity contribution in [2.45, 2.75) is 328 Å². The second-order valence-electron chi connectivity index (χ2n) is 21.2. The minimum atomic E-state index is -4.74. The lowest BCUT2D eigenvalue weighted by Gasteiger charge is -2.21. The Labute approximate surface area is 455 Å². The lowest BCUT2D eigenvalue weighted by atomic mass is 10.0. The molecule has 0 aliphatic heterocycles. The highest BCUT2D eigenvalue weighted by atomic mass is 31.2. The minimum Gasteiger partial charge on any atom is -0.462 e. The molecule has 0 bridgehead atoms. The summed E-state index contributed by atoms with van der Waals surface area (Å²) in [5, 5.41) is 9.82. The van der Waals surface area contributed by atoms with Gasteiger partial charge >= 0.3 is 25.7 Å². The number of phosphoric acid groups is 1. The van der Waals surface area contributed by atoms with Gasteiger partial charge in [0, 0.05) is 19.3 Å². The second kappa shape index (κ2) is 57.1. The van der Waals surface area contributed by atoms with Crippen molar-refractivity contribution < 1.29 is 52.2 Å². The Morgan fingerprint density at radius 1 is 0.378 bits per heavy atom. The Balaban J connectivity index is 4.65. The van der Waals surface area contributed by atoms with Crippen molar-refractivity contribution >= 4 is 25.7 Å². The molecule has 0 aliphatic carbocycles. The first kappa shape index (κ1) is 72.0. The number of allylic oxidation sites excluding steroid dienone is 4. The Kier molecular flexibility index (Phi) is 55.6. The molecule has 3 unspecified atom stereocenters. The van der Waals surface area contributed by atoms with Gasteiger partial charge < -0.3 is 24.2 Å². The molecule has 0 amide bonds. The molecule has 0 saturated carbocycles. The third kappa shape index (κ3) is 54.7. The number of carbonyl (C=O) groups is 3. The summed E-state index contributed by atoms with van der Waals surface area (Å²) in [6, 6.07) is 0. The van der Waals surface area contributed by atoms with E-state index in [0.717, 1.165) is 83.5 Å². The maximum absolute atomic E-state index is 12.9. The Bertz CT molecular complexity index is 1340. The molecule has 74 heavy (non-hydrogen) atoms. The second-order valence-corrected chi connectivity index (χ2v) is 22.7. The molecule has 0 saturated heterocycles. The van der Waals surface area contributed by atoms with Crippen molar-refractivity contribution in [3.8, 4) is 0 Å². The van der Waals surface area contributed by atoms with Crippen LogP contribution in [-0.2, 0) is 42.2 Å². The first-order valence-electron chi connectivity index (χ1n) is 31.2. The van der Waals surface area contributed by atoms with E-state index in [1.54, 1.807) is 0 Å². The summed E-state index contributed by atoms with van der Waals surface area (Å²) >= 11 is 0. The van der Waals surface area contributed by atoms with E-state index in [9.17, 15) is 28.9 Å². The third-order valence-corrected chi connectivity index (χ3v) is 14.8. The molecule has 0 aliphatic rings. The molecule has 0 aromatic rings. The highest BCUT2D eigenvalue weighted by Gasteiger charge is 2.28. The van der Waals surface area contributed by atoms with Crippen LogP contribution in [0.25, 0.3) is 0 Å². The summed E-state index contributed by atoms with van der Waals surface area (Å²) in [5.41, 5.74) is 0. The Morgan fingerprint density at radius 2 is 0.689 bits per heavy atom. The molecule has 436 valence electrons. The lowest BCUT2D eigenvalue weighted by molar-refractivity contribution is -0.161. The van der Waals surface area contributed by atoms with Gasteiger partial charge in [-0.3, -0.25) is 23.4 Å². The van der Waals surface area contributed by atoms with Crippen LogP contribution < -0.4 is 0 Å². The van der Waals surface area contributed by atoms with E-state index in [4.69, 9.17) is 23.3 Å². The quantitative estimate of drug-likeness (QED) is 0.0197. The van der Waals surface area contributed by atoms with Crippen LogP contribution in [0, 0.1) is 0 Å². The summed E-state index contributed by atoms with van der Waals surface area (Å²) in [6.45, 7) is 4.64. The number of hydrogen-bond acceptors (Lipinski definition) is 10. The van der Waals surface area contributed by atoms with Crippen molar-refractivity contribution in [1.29, 1.82) is 0 Å². The van der Waals surface area contributed by atoms with Crippen LogP contribution in [0.2, 0.25) is 0 Å². The van der Waals surface area contributed by atoms with Gasteiger partial charge in [0.05, 0.1) is 19.8 Å². The minimum absolute atomic E-state index is 0.165. The maximum atomic E-state index is 12.9. The number of esters is 3. The number of aliphatic hydroxyl groups excluding tert-OH is 1. The van der Waals surface area contributed by atoms with Crippen LogP contribution in [0.1, 0.15) is 316 Å². The maximum Gasteiger partial charge on any atom is 0.472 e. The van der Waals surface area contributed by atoms with Gasteiger partial charge in [0.2, 0.25) is 0 Å². The molecule has 0 rings (SSSR count). The van der Waals surface area contributed by atoms with E-state index in [1.165, 1.54) is 173 Å². The summed E-state index contributed by atoms with van der Waals surface area (Å²) in [6.07, 6.45) is 58.5. The summed E-state index contributed by atoms with van der Waals surface area (Å²) in [7, 11) is -4.74. The molecule has 12 heteroatoms.